The van der Waals surface area contributed by atoms with Gasteiger partial charge in [-0.1, -0.05) is 40.5 Å². The topological polar surface area (TPSA) is 69.7 Å². The minimum atomic E-state index is -0.284. The van der Waals surface area contributed by atoms with E-state index in [0.717, 1.165) is 25.7 Å². The first-order chi connectivity index (χ1) is 12.9. The van der Waals surface area contributed by atoms with Crippen LogP contribution >= 0.6 is 0 Å². The number of rotatable bonds is 9. The molecule has 148 valence electrons. The van der Waals surface area contributed by atoms with Crippen LogP contribution in [0, 0.1) is 5.92 Å². The molecule has 0 saturated carbocycles. The van der Waals surface area contributed by atoms with Crippen molar-refractivity contribution >= 4 is 23.5 Å². The second-order valence-corrected chi connectivity index (χ2v) is 7.50. The fourth-order valence-electron chi connectivity index (χ4n) is 3.11. The van der Waals surface area contributed by atoms with Crippen LogP contribution in [0.2, 0.25) is 0 Å². The van der Waals surface area contributed by atoms with Gasteiger partial charge in [0.1, 0.15) is 0 Å². The second kappa shape index (κ2) is 9.53. The standard InChI is InChI=1S/C21H31N3O3/c1-5-7-11-23(12-8-6-2)21(27)22-16-9-10-17-18(13-16)20(26)24(19(17)25)14-15(3)4/h9-10,13,15H,5-8,11-12,14H2,1-4H3,(H,22,27). The molecule has 0 radical (unpaired) electrons. The van der Waals surface area contributed by atoms with Crippen LogP contribution < -0.4 is 5.32 Å². The third kappa shape index (κ3) is 5.08. The number of unbranched alkanes of at least 4 members (excludes halogenated alkanes) is 2. The van der Waals surface area contributed by atoms with Crippen LogP contribution in [0.25, 0.3) is 0 Å². The highest BCUT2D eigenvalue weighted by Gasteiger charge is 2.35. The van der Waals surface area contributed by atoms with E-state index in [1.807, 2.05) is 18.7 Å². The summed E-state index contributed by atoms with van der Waals surface area (Å²) < 4.78 is 0. The summed E-state index contributed by atoms with van der Waals surface area (Å²) in [5, 5.41) is 2.89. The van der Waals surface area contributed by atoms with E-state index in [2.05, 4.69) is 19.2 Å². The maximum Gasteiger partial charge on any atom is 0.321 e. The Bertz CT molecular complexity index is 692. The molecule has 1 heterocycles. The molecular weight excluding hydrogens is 342 g/mol. The van der Waals surface area contributed by atoms with Crippen LogP contribution in [0.15, 0.2) is 18.2 Å². The van der Waals surface area contributed by atoms with Gasteiger partial charge in [-0.2, -0.15) is 0 Å². The molecule has 2 rings (SSSR count). The molecule has 0 aliphatic carbocycles. The lowest BCUT2D eigenvalue weighted by Gasteiger charge is -2.23. The van der Waals surface area contributed by atoms with Gasteiger partial charge in [0.15, 0.2) is 0 Å². The third-order valence-corrected chi connectivity index (χ3v) is 4.62. The van der Waals surface area contributed by atoms with Crippen LogP contribution in [0.4, 0.5) is 10.5 Å². The fourth-order valence-corrected chi connectivity index (χ4v) is 3.11. The summed E-state index contributed by atoms with van der Waals surface area (Å²) >= 11 is 0. The summed E-state index contributed by atoms with van der Waals surface area (Å²) in [5.74, 6) is -0.334. The molecule has 6 nitrogen and oxygen atoms in total. The number of benzene rings is 1. The van der Waals surface area contributed by atoms with E-state index >= 15 is 0 Å². The quantitative estimate of drug-likeness (QED) is 0.653. The van der Waals surface area contributed by atoms with Gasteiger partial charge in [-0.25, -0.2) is 4.79 Å². The highest BCUT2D eigenvalue weighted by atomic mass is 16.2. The number of fused-ring (bicyclic) bond motifs is 1. The van der Waals surface area contributed by atoms with E-state index in [1.165, 1.54) is 4.90 Å². The molecule has 1 aromatic carbocycles. The van der Waals surface area contributed by atoms with Crippen molar-refractivity contribution in [1.29, 1.82) is 0 Å². The highest BCUT2D eigenvalue weighted by molar-refractivity contribution is 6.21. The lowest BCUT2D eigenvalue weighted by atomic mass is 10.1. The Hall–Kier alpha value is -2.37. The van der Waals surface area contributed by atoms with Crippen LogP contribution in [0.3, 0.4) is 0 Å². The SMILES string of the molecule is CCCCN(CCCC)C(=O)Nc1ccc2c(c1)C(=O)N(CC(C)C)C2=O. The number of urea groups is 1. The monoisotopic (exact) mass is 373 g/mol. The summed E-state index contributed by atoms with van der Waals surface area (Å²) in [5.41, 5.74) is 1.32. The summed E-state index contributed by atoms with van der Waals surface area (Å²) in [6.07, 6.45) is 3.96. The molecule has 0 bridgehead atoms. The molecular formula is C21H31N3O3. The first-order valence-corrected chi connectivity index (χ1v) is 9.95. The molecule has 6 heteroatoms. The normalized spacial score (nSPS) is 13.3. The van der Waals surface area contributed by atoms with Gasteiger partial charge in [-0.3, -0.25) is 14.5 Å². The lowest BCUT2D eigenvalue weighted by molar-refractivity contribution is 0.0636. The average Bonchev–Trinajstić information content (AvgIpc) is 2.86. The Morgan fingerprint density at radius 2 is 1.63 bits per heavy atom. The van der Waals surface area contributed by atoms with Gasteiger partial charge in [0.25, 0.3) is 11.8 Å². The van der Waals surface area contributed by atoms with E-state index in [4.69, 9.17) is 0 Å². The second-order valence-electron chi connectivity index (χ2n) is 7.50. The van der Waals surface area contributed by atoms with Gasteiger partial charge in [0, 0.05) is 25.3 Å². The number of imide groups is 1. The minimum absolute atomic E-state index is 0.160. The van der Waals surface area contributed by atoms with E-state index in [0.29, 0.717) is 36.4 Å². The van der Waals surface area contributed by atoms with Gasteiger partial charge in [0.2, 0.25) is 0 Å². The first kappa shape index (κ1) is 20.9. The minimum Gasteiger partial charge on any atom is -0.325 e. The van der Waals surface area contributed by atoms with Crippen LogP contribution in [-0.4, -0.2) is 47.3 Å². The Balaban J connectivity index is 2.13. The molecule has 1 aliphatic rings. The summed E-state index contributed by atoms with van der Waals surface area (Å²) in [6.45, 7) is 9.96. The zero-order valence-electron chi connectivity index (χ0n) is 16.9. The molecule has 0 spiro atoms. The van der Waals surface area contributed by atoms with Crippen LogP contribution in [0.1, 0.15) is 74.1 Å². The maximum absolute atomic E-state index is 12.6. The molecule has 27 heavy (non-hydrogen) atoms. The predicted octanol–water partition coefficient (Wildman–Crippen LogP) is 4.37. The van der Waals surface area contributed by atoms with Crippen molar-refractivity contribution in [3.05, 3.63) is 29.3 Å². The zero-order valence-corrected chi connectivity index (χ0v) is 16.9. The largest absolute Gasteiger partial charge is 0.325 e. The van der Waals surface area contributed by atoms with Crippen molar-refractivity contribution in [3.63, 3.8) is 0 Å². The van der Waals surface area contributed by atoms with E-state index in [9.17, 15) is 14.4 Å². The number of hydrogen-bond acceptors (Lipinski definition) is 3. The summed E-state index contributed by atoms with van der Waals surface area (Å²) in [4.78, 5) is 40.7. The molecule has 1 aromatic rings. The zero-order chi connectivity index (χ0) is 20.0. The predicted molar refractivity (Wildman–Crippen MR) is 107 cm³/mol. The van der Waals surface area contributed by atoms with E-state index in [1.54, 1.807) is 18.2 Å². The van der Waals surface area contributed by atoms with E-state index < -0.39 is 0 Å². The number of nitrogens with one attached hydrogen (secondary N) is 1. The molecule has 0 saturated heterocycles. The number of hydrogen-bond donors (Lipinski definition) is 1. The van der Waals surface area contributed by atoms with Crippen LogP contribution in [0.5, 0.6) is 0 Å². The van der Waals surface area contributed by atoms with Crippen molar-refractivity contribution in [2.24, 2.45) is 5.92 Å². The Morgan fingerprint density at radius 1 is 1.04 bits per heavy atom. The first-order valence-electron chi connectivity index (χ1n) is 9.95. The number of amides is 4. The van der Waals surface area contributed by atoms with Crippen molar-refractivity contribution in [1.82, 2.24) is 9.80 Å². The summed E-state index contributed by atoms with van der Waals surface area (Å²) in [6, 6.07) is 4.78. The van der Waals surface area contributed by atoms with Crippen molar-refractivity contribution in [2.45, 2.75) is 53.4 Å². The summed E-state index contributed by atoms with van der Waals surface area (Å²) in [7, 11) is 0. The average molecular weight is 373 g/mol. The number of carbonyl (C=O) groups is 3. The molecule has 1 aliphatic heterocycles. The van der Waals surface area contributed by atoms with Gasteiger partial charge >= 0.3 is 6.03 Å². The molecule has 4 amide bonds. The van der Waals surface area contributed by atoms with E-state index in [-0.39, 0.29) is 23.8 Å². The Labute approximate surface area is 161 Å². The number of nitrogens with zero attached hydrogens (tertiary/aromatic N) is 2. The van der Waals surface area contributed by atoms with Gasteiger partial charge in [-0.15, -0.1) is 0 Å². The number of anilines is 1. The Kier molecular flexibility index (Phi) is 7.39. The molecule has 1 N–H and O–H groups in total. The Morgan fingerprint density at radius 3 is 2.19 bits per heavy atom. The van der Waals surface area contributed by atoms with Crippen LogP contribution in [-0.2, 0) is 0 Å². The van der Waals surface area contributed by atoms with Crippen molar-refractivity contribution in [2.75, 3.05) is 25.0 Å². The van der Waals surface area contributed by atoms with Crippen molar-refractivity contribution < 1.29 is 14.4 Å². The van der Waals surface area contributed by atoms with Gasteiger partial charge < -0.3 is 10.2 Å². The maximum atomic E-state index is 12.6. The third-order valence-electron chi connectivity index (χ3n) is 4.62. The molecule has 0 aromatic heterocycles. The molecule has 0 fully saturated rings. The number of carbonyl (C=O) groups excluding carboxylic acids is 3. The van der Waals surface area contributed by atoms with Gasteiger partial charge in [-0.05, 0) is 37.0 Å². The highest BCUT2D eigenvalue weighted by Crippen LogP contribution is 2.26. The lowest BCUT2D eigenvalue weighted by Crippen LogP contribution is -2.36. The fraction of sp³-hybridized carbons (Fsp3) is 0.571. The van der Waals surface area contributed by atoms with Gasteiger partial charge in [0.05, 0.1) is 11.1 Å². The van der Waals surface area contributed by atoms with Crippen molar-refractivity contribution in [3.8, 4) is 0 Å². The smallest absolute Gasteiger partial charge is 0.321 e. The molecule has 0 unspecified atom stereocenters. The molecule has 0 atom stereocenters.